The molecule has 0 spiro atoms. The average Bonchev–Trinajstić information content (AvgIpc) is 3.50. The van der Waals surface area contributed by atoms with Crippen LogP contribution in [0.2, 0.25) is 0 Å². The van der Waals surface area contributed by atoms with Crippen molar-refractivity contribution in [3.63, 3.8) is 0 Å². The number of carbonyl (C=O) groups excluding carboxylic acids is 1. The van der Waals surface area contributed by atoms with Crippen LogP contribution in [0.3, 0.4) is 0 Å². The van der Waals surface area contributed by atoms with Crippen molar-refractivity contribution in [2.24, 2.45) is 0 Å². The van der Waals surface area contributed by atoms with Gasteiger partial charge in [0, 0.05) is 47.8 Å². The number of aromatic nitrogens is 2. The number of benzene rings is 1. The van der Waals surface area contributed by atoms with Gasteiger partial charge in [-0.3, -0.25) is 14.6 Å². The number of allylic oxidation sites excluding steroid dienone is 2. The van der Waals surface area contributed by atoms with Crippen molar-refractivity contribution in [3.8, 4) is 0 Å². The Balaban J connectivity index is 1.52. The molecular weight excluding hydrogens is 343 g/mol. The van der Waals surface area contributed by atoms with Crippen LogP contribution < -0.4 is 5.56 Å². The zero-order valence-electron chi connectivity index (χ0n) is 14.4. The van der Waals surface area contributed by atoms with Crippen molar-refractivity contribution in [2.75, 3.05) is 0 Å². The predicted octanol–water partition coefficient (Wildman–Crippen LogP) is 3.35. The van der Waals surface area contributed by atoms with Gasteiger partial charge >= 0.3 is 0 Å². The number of hydrogen-bond acceptors (Lipinski definition) is 3. The summed E-state index contributed by atoms with van der Waals surface area (Å²) in [7, 11) is 0. The molecule has 0 N–H and O–H groups in total. The van der Waals surface area contributed by atoms with Crippen LogP contribution in [0.4, 0.5) is 4.39 Å². The molecule has 2 aromatic heterocycles. The van der Waals surface area contributed by atoms with Gasteiger partial charge in [-0.25, -0.2) is 4.39 Å². The van der Waals surface area contributed by atoms with Crippen LogP contribution in [-0.4, -0.2) is 15.3 Å². The van der Waals surface area contributed by atoms with Crippen LogP contribution in [0.1, 0.15) is 27.0 Å². The van der Waals surface area contributed by atoms with Crippen LogP contribution in [-0.2, 0) is 13.0 Å². The maximum absolute atomic E-state index is 14.5. The van der Waals surface area contributed by atoms with Gasteiger partial charge in [-0.15, -0.1) is 0 Å². The molecule has 1 aliphatic rings. The van der Waals surface area contributed by atoms with E-state index >= 15 is 0 Å². The van der Waals surface area contributed by atoms with Crippen LogP contribution in [0.25, 0.3) is 0 Å². The molecule has 1 radical (unpaired) electrons. The minimum absolute atomic E-state index is 0.0424. The smallest absolute Gasteiger partial charge is 0.250 e. The van der Waals surface area contributed by atoms with Crippen molar-refractivity contribution in [1.82, 2.24) is 9.55 Å². The number of ketones is 1. The maximum atomic E-state index is 14.5. The van der Waals surface area contributed by atoms with Gasteiger partial charge < -0.3 is 4.57 Å². The van der Waals surface area contributed by atoms with E-state index in [2.05, 4.69) is 4.98 Å². The number of Topliss-reactive ketones (excluding diaryl/α,β-unsaturated/α-hetero) is 1. The minimum Gasteiger partial charge on any atom is -0.311 e. The summed E-state index contributed by atoms with van der Waals surface area (Å²) >= 11 is 0. The summed E-state index contributed by atoms with van der Waals surface area (Å²) < 4.78 is 16.0. The average molecular weight is 359 g/mol. The molecule has 0 fully saturated rings. The van der Waals surface area contributed by atoms with Crippen LogP contribution in [0, 0.1) is 12.2 Å². The monoisotopic (exact) mass is 359 g/mol. The lowest BCUT2D eigenvalue weighted by Crippen LogP contribution is -2.18. The molecule has 0 saturated heterocycles. The van der Waals surface area contributed by atoms with Gasteiger partial charge in [0.1, 0.15) is 5.82 Å². The van der Waals surface area contributed by atoms with E-state index in [4.69, 9.17) is 0 Å². The van der Waals surface area contributed by atoms with E-state index < -0.39 is 0 Å². The Morgan fingerprint density at radius 3 is 2.67 bits per heavy atom. The molecule has 3 aromatic rings. The summed E-state index contributed by atoms with van der Waals surface area (Å²) in [5, 5.41) is 0. The molecule has 5 heteroatoms. The fourth-order valence-corrected chi connectivity index (χ4v) is 2.91. The number of nitrogens with zero attached hydrogens (tertiary/aromatic N) is 2. The van der Waals surface area contributed by atoms with E-state index in [0.29, 0.717) is 23.1 Å². The molecule has 2 heterocycles. The van der Waals surface area contributed by atoms with Crippen molar-refractivity contribution in [1.29, 1.82) is 0 Å². The molecule has 1 aromatic carbocycles. The molecule has 0 aliphatic heterocycles. The summed E-state index contributed by atoms with van der Waals surface area (Å²) in [5.41, 5.74) is 3.13. The number of halogens is 1. The highest BCUT2D eigenvalue weighted by Crippen LogP contribution is 2.23. The van der Waals surface area contributed by atoms with E-state index in [1.54, 1.807) is 55.4 Å². The molecule has 4 rings (SSSR count). The molecule has 0 saturated carbocycles. The standard InChI is InChI=1S/C22H16FN2O2/c23-20-11-15(4-5-18(20)14-25-8-2-1-3-21(25)26)9-16-10-19(13-24-12-16)22(27)17-6-7-17/h1-8,10-13H,9,14H2. The quantitative estimate of drug-likeness (QED) is 0.634. The summed E-state index contributed by atoms with van der Waals surface area (Å²) in [6.45, 7) is 0.183. The largest absolute Gasteiger partial charge is 0.311 e. The van der Waals surface area contributed by atoms with Gasteiger partial charge in [-0.2, -0.15) is 0 Å². The summed E-state index contributed by atoms with van der Waals surface area (Å²) in [4.78, 5) is 28.0. The van der Waals surface area contributed by atoms with Gasteiger partial charge in [0.15, 0.2) is 5.78 Å². The molecule has 4 nitrogen and oxygen atoms in total. The first-order chi connectivity index (χ1) is 13.1. The number of pyridine rings is 2. The number of carbonyl (C=O) groups is 1. The highest BCUT2D eigenvalue weighted by molar-refractivity contribution is 6.13. The van der Waals surface area contributed by atoms with Gasteiger partial charge in [-0.1, -0.05) is 24.3 Å². The number of rotatable bonds is 6. The fraction of sp³-hybridized carbons (Fsp3) is 0.0909. The fourth-order valence-electron chi connectivity index (χ4n) is 2.91. The van der Waals surface area contributed by atoms with Crippen molar-refractivity contribution >= 4 is 5.78 Å². The Kier molecular flexibility index (Phi) is 4.50. The van der Waals surface area contributed by atoms with E-state index in [0.717, 1.165) is 11.1 Å². The zero-order chi connectivity index (χ0) is 18.8. The molecule has 0 bridgehead atoms. The Bertz CT molecular complexity index is 1120. The molecule has 133 valence electrons. The van der Waals surface area contributed by atoms with E-state index in [1.165, 1.54) is 16.7 Å². The van der Waals surface area contributed by atoms with Gasteiger partial charge in [0.05, 0.1) is 6.54 Å². The van der Waals surface area contributed by atoms with Gasteiger partial charge in [0.2, 0.25) is 0 Å². The van der Waals surface area contributed by atoms with Gasteiger partial charge in [0.25, 0.3) is 5.56 Å². The second-order valence-electron chi connectivity index (χ2n) is 6.47. The lowest BCUT2D eigenvalue weighted by molar-refractivity contribution is 0.104. The lowest BCUT2D eigenvalue weighted by atomic mass is 10.0. The number of hydrogen-bond donors (Lipinski definition) is 0. The van der Waals surface area contributed by atoms with Crippen molar-refractivity contribution in [2.45, 2.75) is 13.0 Å². The van der Waals surface area contributed by atoms with Crippen molar-refractivity contribution < 1.29 is 9.18 Å². The first-order valence-electron chi connectivity index (χ1n) is 8.56. The first-order valence-corrected chi connectivity index (χ1v) is 8.56. The van der Waals surface area contributed by atoms with Crippen LogP contribution in [0.15, 0.2) is 77.5 Å². The molecule has 27 heavy (non-hydrogen) atoms. The predicted molar refractivity (Wildman–Crippen MR) is 100.0 cm³/mol. The minimum atomic E-state index is -0.360. The van der Waals surface area contributed by atoms with Crippen molar-refractivity contribution in [3.05, 3.63) is 118 Å². The zero-order valence-corrected chi connectivity index (χ0v) is 14.4. The molecule has 1 aliphatic carbocycles. The van der Waals surface area contributed by atoms with Crippen LogP contribution >= 0.6 is 0 Å². The van der Waals surface area contributed by atoms with Gasteiger partial charge in [-0.05, 0) is 35.7 Å². The second kappa shape index (κ2) is 7.11. The Hall–Kier alpha value is -3.34. The topological polar surface area (TPSA) is 52.0 Å². The highest BCUT2D eigenvalue weighted by atomic mass is 19.1. The maximum Gasteiger partial charge on any atom is 0.250 e. The molecule has 0 unspecified atom stereocenters. The summed E-state index contributed by atoms with van der Waals surface area (Å²) in [6.07, 6.45) is 8.86. The normalized spacial score (nSPS) is 12.6. The Labute approximate surface area is 155 Å². The molecule has 0 amide bonds. The first kappa shape index (κ1) is 17.1. The Morgan fingerprint density at radius 2 is 1.93 bits per heavy atom. The third-order valence-electron chi connectivity index (χ3n) is 4.42. The molecule has 0 atom stereocenters. The van der Waals surface area contributed by atoms with E-state index in [9.17, 15) is 14.0 Å². The third kappa shape index (κ3) is 3.92. The summed E-state index contributed by atoms with van der Waals surface area (Å²) in [6, 6.07) is 11.6. The Morgan fingerprint density at radius 1 is 1.07 bits per heavy atom. The summed E-state index contributed by atoms with van der Waals surface area (Å²) in [5.74, 6) is -0.402. The highest BCUT2D eigenvalue weighted by Gasteiger charge is 2.19. The SMILES string of the molecule is O=C(C1=C[CH]1)c1cncc(Cc2ccc(Cn3ccccc3=O)c(F)c2)c1. The van der Waals surface area contributed by atoms with E-state index in [1.807, 2.05) is 6.07 Å². The van der Waals surface area contributed by atoms with E-state index in [-0.39, 0.29) is 23.7 Å². The second-order valence-corrected chi connectivity index (χ2v) is 6.47. The third-order valence-corrected chi connectivity index (χ3v) is 4.42. The lowest BCUT2D eigenvalue weighted by Gasteiger charge is -2.09. The molecular formula is C22H16FN2O2. The van der Waals surface area contributed by atoms with Crippen LogP contribution in [0.5, 0.6) is 0 Å².